The molecule has 0 unspecified atom stereocenters. The molecule has 0 atom stereocenters. The summed E-state index contributed by atoms with van der Waals surface area (Å²) in [6.45, 7) is 1.71. The number of likely N-dealkylation sites (N-methyl/N-ethyl adjacent to an activating group) is 1. The van der Waals surface area contributed by atoms with Gasteiger partial charge in [-0.15, -0.1) is 0 Å². The number of carboxylic acids is 1. The molecule has 7 heteroatoms. The number of amides is 1. The Morgan fingerprint density at radius 3 is 2.60 bits per heavy atom. The number of nitro groups is 1. The zero-order valence-electron chi connectivity index (χ0n) is 11.3. The van der Waals surface area contributed by atoms with E-state index in [9.17, 15) is 19.7 Å². The van der Waals surface area contributed by atoms with Crippen molar-refractivity contribution in [3.05, 3.63) is 39.4 Å². The van der Waals surface area contributed by atoms with Gasteiger partial charge in [-0.25, -0.2) is 0 Å². The van der Waals surface area contributed by atoms with Crippen LogP contribution in [0.25, 0.3) is 0 Å². The minimum atomic E-state index is -0.976. The van der Waals surface area contributed by atoms with Crippen LogP contribution in [0.1, 0.15) is 17.5 Å². The number of hydrogen-bond acceptors (Lipinski definition) is 4. The number of benzene rings is 1. The maximum atomic E-state index is 11.9. The zero-order valence-corrected chi connectivity index (χ0v) is 11.3. The molecule has 1 amide bonds. The van der Waals surface area contributed by atoms with E-state index in [1.165, 1.54) is 24.1 Å². The zero-order chi connectivity index (χ0) is 15.3. The van der Waals surface area contributed by atoms with Crippen molar-refractivity contribution in [3.8, 4) is 0 Å². The van der Waals surface area contributed by atoms with Gasteiger partial charge in [0, 0.05) is 25.2 Å². The SMILES string of the molecule is Cc1c(CC(=O)N(C)CCC(=O)O)cccc1[N+](=O)[O-]. The average molecular weight is 280 g/mol. The molecular weight excluding hydrogens is 264 g/mol. The largest absolute Gasteiger partial charge is 0.481 e. The predicted molar refractivity (Wildman–Crippen MR) is 71.4 cm³/mol. The van der Waals surface area contributed by atoms with Gasteiger partial charge < -0.3 is 10.0 Å². The van der Waals surface area contributed by atoms with E-state index in [1.807, 2.05) is 0 Å². The Kier molecular flexibility index (Phi) is 5.19. The molecule has 1 N–H and O–H groups in total. The first-order valence-electron chi connectivity index (χ1n) is 6.01. The maximum Gasteiger partial charge on any atom is 0.305 e. The molecule has 1 aromatic rings. The molecule has 7 nitrogen and oxygen atoms in total. The van der Waals surface area contributed by atoms with E-state index in [2.05, 4.69) is 0 Å². The molecule has 0 radical (unpaired) electrons. The molecule has 0 saturated carbocycles. The molecule has 0 spiro atoms. The van der Waals surface area contributed by atoms with E-state index in [1.54, 1.807) is 13.0 Å². The Bertz CT molecular complexity index is 542. The monoisotopic (exact) mass is 280 g/mol. The first kappa shape index (κ1) is 15.6. The van der Waals surface area contributed by atoms with Crippen LogP contribution in [0.2, 0.25) is 0 Å². The van der Waals surface area contributed by atoms with Gasteiger partial charge in [0.05, 0.1) is 17.8 Å². The second-order valence-corrected chi connectivity index (χ2v) is 4.45. The number of nitro benzene ring substituents is 1. The Balaban J connectivity index is 2.78. The van der Waals surface area contributed by atoms with Crippen LogP contribution < -0.4 is 0 Å². The van der Waals surface area contributed by atoms with E-state index in [0.717, 1.165) is 0 Å². The van der Waals surface area contributed by atoms with Crippen molar-refractivity contribution in [2.45, 2.75) is 19.8 Å². The van der Waals surface area contributed by atoms with Crippen LogP contribution in [0.5, 0.6) is 0 Å². The van der Waals surface area contributed by atoms with Crippen LogP contribution in [-0.4, -0.2) is 40.4 Å². The summed E-state index contributed by atoms with van der Waals surface area (Å²) in [6, 6.07) is 4.58. The molecule has 0 aliphatic heterocycles. The van der Waals surface area contributed by atoms with Gasteiger partial charge in [0.15, 0.2) is 0 Å². The fraction of sp³-hybridized carbons (Fsp3) is 0.385. The lowest BCUT2D eigenvalue weighted by Crippen LogP contribution is -2.30. The van der Waals surface area contributed by atoms with Gasteiger partial charge in [-0.3, -0.25) is 19.7 Å². The number of carboxylic acid groups (broad SMARTS) is 1. The van der Waals surface area contributed by atoms with E-state index in [0.29, 0.717) is 11.1 Å². The van der Waals surface area contributed by atoms with Crippen molar-refractivity contribution in [2.24, 2.45) is 0 Å². The molecule has 0 aliphatic carbocycles. The van der Waals surface area contributed by atoms with Crippen LogP contribution in [0.3, 0.4) is 0 Å². The molecule has 108 valence electrons. The minimum Gasteiger partial charge on any atom is -0.481 e. The van der Waals surface area contributed by atoms with Gasteiger partial charge in [0.2, 0.25) is 5.91 Å². The topological polar surface area (TPSA) is 101 Å². The van der Waals surface area contributed by atoms with Crippen LogP contribution in [0, 0.1) is 17.0 Å². The lowest BCUT2D eigenvalue weighted by atomic mass is 10.0. The lowest BCUT2D eigenvalue weighted by molar-refractivity contribution is -0.385. The molecule has 0 saturated heterocycles. The number of rotatable bonds is 6. The lowest BCUT2D eigenvalue weighted by Gasteiger charge is -2.16. The summed E-state index contributed by atoms with van der Waals surface area (Å²) < 4.78 is 0. The highest BCUT2D eigenvalue weighted by molar-refractivity contribution is 5.79. The summed E-state index contributed by atoms with van der Waals surface area (Å²) in [5, 5.41) is 19.4. The first-order valence-corrected chi connectivity index (χ1v) is 6.01. The summed E-state index contributed by atoms with van der Waals surface area (Å²) in [7, 11) is 1.51. The van der Waals surface area contributed by atoms with Gasteiger partial charge >= 0.3 is 5.97 Å². The fourth-order valence-corrected chi connectivity index (χ4v) is 1.75. The Labute approximate surface area is 116 Å². The maximum absolute atomic E-state index is 11.9. The third-order valence-electron chi connectivity index (χ3n) is 3.04. The fourth-order valence-electron chi connectivity index (χ4n) is 1.75. The quantitative estimate of drug-likeness (QED) is 0.626. The summed E-state index contributed by atoms with van der Waals surface area (Å²) in [5.41, 5.74) is 1.01. The van der Waals surface area contributed by atoms with Crippen molar-refractivity contribution < 1.29 is 19.6 Å². The van der Waals surface area contributed by atoms with E-state index in [4.69, 9.17) is 5.11 Å². The van der Waals surface area contributed by atoms with E-state index in [-0.39, 0.29) is 31.0 Å². The Morgan fingerprint density at radius 2 is 2.05 bits per heavy atom. The summed E-state index contributed by atoms with van der Waals surface area (Å²) in [6.07, 6.45) is -0.111. The van der Waals surface area contributed by atoms with E-state index < -0.39 is 10.9 Å². The van der Waals surface area contributed by atoms with Gasteiger partial charge in [0.25, 0.3) is 5.69 Å². The third-order valence-corrected chi connectivity index (χ3v) is 3.04. The number of aliphatic carboxylic acids is 1. The summed E-state index contributed by atoms with van der Waals surface area (Å²) in [5.74, 6) is -1.24. The number of nitrogens with zero attached hydrogens (tertiary/aromatic N) is 2. The van der Waals surface area contributed by atoms with Crippen LogP contribution in [0.15, 0.2) is 18.2 Å². The highest BCUT2D eigenvalue weighted by Crippen LogP contribution is 2.21. The summed E-state index contributed by atoms with van der Waals surface area (Å²) >= 11 is 0. The molecule has 20 heavy (non-hydrogen) atoms. The Morgan fingerprint density at radius 1 is 1.40 bits per heavy atom. The molecule has 0 aliphatic rings. The molecule has 0 bridgehead atoms. The second kappa shape index (κ2) is 6.65. The second-order valence-electron chi connectivity index (χ2n) is 4.45. The van der Waals surface area contributed by atoms with E-state index >= 15 is 0 Å². The van der Waals surface area contributed by atoms with Crippen LogP contribution in [0.4, 0.5) is 5.69 Å². The molecule has 1 rings (SSSR count). The molecular formula is C13H16N2O5. The minimum absolute atomic E-state index is 0.0175. The Hall–Kier alpha value is -2.44. The smallest absolute Gasteiger partial charge is 0.305 e. The molecule has 1 aromatic carbocycles. The molecule has 0 fully saturated rings. The number of hydrogen-bond donors (Lipinski definition) is 1. The predicted octanol–water partition coefficient (Wildman–Crippen LogP) is 1.38. The van der Waals surface area contributed by atoms with Gasteiger partial charge in [-0.05, 0) is 12.5 Å². The van der Waals surface area contributed by atoms with Gasteiger partial charge in [0.1, 0.15) is 0 Å². The van der Waals surface area contributed by atoms with Gasteiger partial charge in [-0.2, -0.15) is 0 Å². The first-order chi connectivity index (χ1) is 9.32. The van der Waals surface area contributed by atoms with Crippen LogP contribution in [-0.2, 0) is 16.0 Å². The number of carbonyl (C=O) groups is 2. The highest BCUT2D eigenvalue weighted by atomic mass is 16.6. The van der Waals surface area contributed by atoms with Gasteiger partial charge in [-0.1, -0.05) is 12.1 Å². The van der Waals surface area contributed by atoms with Crippen molar-refractivity contribution in [2.75, 3.05) is 13.6 Å². The average Bonchev–Trinajstić information content (AvgIpc) is 2.37. The van der Waals surface area contributed by atoms with Crippen molar-refractivity contribution in [1.82, 2.24) is 4.90 Å². The van der Waals surface area contributed by atoms with Crippen molar-refractivity contribution in [3.63, 3.8) is 0 Å². The standard InChI is InChI=1S/C13H16N2O5/c1-9-10(4-3-5-11(9)15(19)20)8-12(16)14(2)7-6-13(17)18/h3-5H,6-8H2,1-2H3,(H,17,18). The van der Waals surface area contributed by atoms with Crippen LogP contribution >= 0.6 is 0 Å². The van der Waals surface area contributed by atoms with Crippen molar-refractivity contribution >= 4 is 17.6 Å². The highest BCUT2D eigenvalue weighted by Gasteiger charge is 2.17. The molecule has 0 heterocycles. The summed E-state index contributed by atoms with van der Waals surface area (Å²) in [4.78, 5) is 34.0. The van der Waals surface area contributed by atoms with Crippen molar-refractivity contribution in [1.29, 1.82) is 0 Å². The number of carbonyl (C=O) groups excluding carboxylic acids is 1. The normalized spacial score (nSPS) is 10.1. The third kappa shape index (κ3) is 4.04. The molecule has 0 aromatic heterocycles.